The van der Waals surface area contributed by atoms with Gasteiger partial charge in [0.1, 0.15) is 0 Å². The molecule has 122 valence electrons. The summed E-state index contributed by atoms with van der Waals surface area (Å²) in [5.41, 5.74) is 6.55. The molecule has 0 radical (unpaired) electrons. The summed E-state index contributed by atoms with van der Waals surface area (Å²) in [4.78, 5) is 10.7. The molecule has 0 aliphatic carbocycles. The Balaban J connectivity index is 2.27. The molecule has 3 nitrogen and oxygen atoms in total. The van der Waals surface area contributed by atoms with Crippen molar-refractivity contribution in [3.63, 3.8) is 0 Å². The second-order valence-electron chi connectivity index (χ2n) is 5.28. The zero-order valence-corrected chi connectivity index (χ0v) is 12.2. The molecule has 0 saturated heterocycles. The van der Waals surface area contributed by atoms with Gasteiger partial charge >= 0.3 is 12.1 Å². The lowest BCUT2D eigenvalue weighted by molar-refractivity contribution is -0.138. The molecule has 0 bridgehead atoms. The Labute approximate surface area is 131 Å². The predicted molar refractivity (Wildman–Crippen MR) is 79.9 cm³/mol. The molecule has 0 aliphatic heterocycles. The van der Waals surface area contributed by atoms with E-state index in [1.807, 2.05) is 0 Å². The summed E-state index contributed by atoms with van der Waals surface area (Å²) < 4.78 is 39.1. The fourth-order valence-electron chi connectivity index (χ4n) is 2.41. The standard InChI is InChI=1S/C17H16F3NO2/c18-17(19,20)14-7-2-1-5-12(14)8-11-4-3-6-13(9-11)15(21)10-16(22)23/h1-7,9,15H,8,10,21H2,(H,22,23). The van der Waals surface area contributed by atoms with Gasteiger partial charge in [-0.25, -0.2) is 0 Å². The van der Waals surface area contributed by atoms with Crippen LogP contribution >= 0.6 is 0 Å². The zero-order chi connectivity index (χ0) is 17.0. The van der Waals surface area contributed by atoms with Crippen molar-refractivity contribution in [2.75, 3.05) is 0 Å². The number of carboxylic acids is 1. The Bertz CT molecular complexity index is 698. The SMILES string of the molecule is NC(CC(=O)O)c1cccc(Cc2ccccc2C(F)(F)F)c1. The lowest BCUT2D eigenvalue weighted by Crippen LogP contribution is -2.15. The minimum atomic E-state index is -4.41. The number of hydrogen-bond acceptors (Lipinski definition) is 2. The van der Waals surface area contributed by atoms with Crippen LogP contribution in [0.5, 0.6) is 0 Å². The lowest BCUT2D eigenvalue weighted by atomic mass is 9.96. The minimum absolute atomic E-state index is 0.101. The van der Waals surface area contributed by atoms with Gasteiger partial charge in [0.25, 0.3) is 0 Å². The number of carboxylic acid groups (broad SMARTS) is 1. The maximum absolute atomic E-state index is 13.0. The van der Waals surface area contributed by atoms with Gasteiger partial charge in [0.05, 0.1) is 12.0 Å². The Morgan fingerprint density at radius 3 is 2.48 bits per heavy atom. The van der Waals surface area contributed by atoms with Gasteiger partial charge in [0.2, 0.25) is 0 Å². The van der Waals surface area contributed by atoms with Crippen LogP contribution in [-0.2, 0) is 17.4 Å². The molecule has 0 spiro atoms. The summed E-state index contributed by atoms with van der Waals surface area (Å²) in [6.07, 6.45) is -4.54. The van der Waals surface area contributed by atoms with Crippen LogP contribution in [-0.4, -0.2) is 11.1 Å². The van der Waals surface area contributed by atoms with Gasteiger partial charge in [0.15, 0.2) is 0 Å². The number of hydrogen-bond donors (Lipinski definition) is 2. The van der Waals surface area contributed by atoms with Crippen molar-refractivity contribution in [1.29, 1.82) is 0 Å². The van der Waals surface area contributed by atoms with Crippen LogP contribution in [0.4, 0.5) is 13.2 Å². The molecule has 23 heavy (non-hydrogen) atoms. The molecule has 0 amide bonds. The molecular formula is C17H16F3NO2. The van der Waals surface area contributed by atoms with Crippen molar-refractivity contribution < 1.29 is 23.1 Å². The quantitative estimate of drug-likeness (QED) is 0.880. The molecule has 0 aliphatic rings. The van der Waals surface area contributed by atoms with E-state index < -0.39 is 23.8 Å². The average molecular weight is 323 g/mol. The highest BCUT2D eigenvalue weighted by Crippen LogP contribution is 2.33. The largest absolute Gasteiger partial charge is 0.481 e. The van der Waals surface area contributed by atoms with E-state index >= 15 is 0 Å². The van der Waals surface area contributed by atoms with Gasteiger partial charge in [0, 0.05) is 6.04 Å². The number of alkyl halides is 3. The molecule has 2 aromatic rings. The molecule has 2 aromatic carbocycles. The van der Waals surface area contributed by atoms with Crippen molar-refractivity contribution in [2.45, 2.75) is 25.1 Å². The van der Waals surface area contributed by atoms with Gasteiger partial charge in [-0.15, -0.1) is 0 Å². The smallest absolute Gasteiger partial charge is 0.416 e. The van der Waals surface area contributed by atoms with Crippen molar-refractivity contribution in [2.24, 2.45) is 5.73 Å². The molecule has 0 heterocycles. The van der Waals surface area contributed by atoms with Crippen LogP contribution in [0.1, 0.15) is 34.7 Å². The summed E-state index contributed by atoms with van der Waals surface area (Å²) in [6.45, 7) is 0. The third kappa shape index (κ3) is 4.56. The molecule has 0 saturated carbocycles. The second-order valence-corrected chi connectivity index (χ2v) is 5.28. The summed E-state index contributed by atoms with van der Waals surface area (Å²) in [5.74, 6) is -1.02. The number of benzene rings is 2. The molecular weight excluding hydrogens is 307 g/mol. The van der Waals surface area contributed by atoms with Crippen molar-refractivity contribution in [1.82, 2.24) is 0 Å². The third-order valence-corrected chi connectivity index (χ3v) is 3.49. The van der Waals surface area contributed by atoms with E-state index in [1.165, 1.54) is 12.1 Å². The lowest BCUT2D eigenvalue weighted by Gasteiger charge is -2.14. The van der Waals surface area contributed by atoms with E-state index in [1.54, 1.807) is 30.3 Å². The van der Waals surface area contributed by atoms with E-state index in [-0.39, 0.29) is 18.4 Å². The van der Waals surface area contributed by atoms with E-state index in [0.717, 1.165) is 6.07 Å². The fourth-order valence-corrected chi connectivity index (χ4v) is 2.41. The van der Waals surface area contributed by atoms with Crippen molar-refractivity contribution in [3.8, 4) is 0 Å². The van der Waals surface area contributed by atoms with Crippen LogP contribution in [0, 0.1) is 0 Å². The second kappa shape index (κ2) is 6.83. The van der Waals surface area contributed by atoms with Crippen LogP contribution in [0.2, 0.25) is 0 Å². The maximum Gasteiger partial charge on any atom is 0.416 e. The van der Waals surface area contributed by atoms with Crippen LogP contribution < -0.4 is 5.73 Å². The normalized spacial score (nSPS) is 12.9. The van der Waals surface area contributed by atoms with Gasteiger partial charge in [-0.2, -0.15) is 13.2 Å². The summed E-state index contributed by atoms with van der Waals surface area (Å²) in [6, 6.07) is 11.4. The number of aliphatic carboxylic acids is 1. The van der Waals surface area contributed by atoms with Gasteiger partial charge in [-0.3, -0.25) is 4.79 Å². The van der Waals surface area contributed by atoms with E-state index in [2.05, 4.69) is 0 Å². The molecule has 3 N–H and O–H groups in total. The fraction of sp³-hybridized carbons (Fsp3) is 0.235. The Morgan fingerprint density at radius 1 is 1.13 bits per heavy atom. The maximum atomic E-state index is 13.0. The number of carbonyl (C=O) groups is 1. The minimum Gasteiger partial charge on any atom is -0.481 e. The number of nitrogens with two attached hydrogens (primary N) is 1. The molecule has 1 unspecified atom stereocenters. The predicted octanol–water partition coefficient (Wildman–Crippen LogP) is 3.77. The first-order valence-electron chi connectivity index (χ1n) is 6.98. The van der Waals surface area contributed by atoms with Gasteiger partial charge < -0.3 is 10.8 Å². The first-order chi connectivity index (χ1) is 10.8. The highest BCUT2D eigenvalue weighted by Gasteiger charge is 2.32. The van der Waals surface area contributed by atoms with Crippen LogP contribution in [0.3, 0.4) is 0 Å². The zero-order valence-electron chi connectivity index (χ0n) is 12.2. The van der Waals surface area contributed by atoms with Crippen LogP contribution in [0.25, 0.3) is 0 Å². The van der Waals surface area contributed by atoms with Crippen molar-refractivity contribution in [3.05, 3.63) is 70.8 Å². The van der Waals surface area contributed by atoms with Gasteiger partial charge in [-0.05, 0) is 29.2 Å². The van der Waals surface area contributed by atoms with Crippen molar-refractivity contribution >= 4 is 5.97 Å². The van der Waals surface area contributed by atoms with E-state index in [0.29, 0.717) is 11.1 Å². The Kier molecular flexibility index (Phi) is 5.05. The monoisotopic (exact) mass is 323 g/mol. The topological polar surface area (TPSA) is 63.3 Å². The molecule has 0 aromatic heterocycles. The highest BCUT2D eigenvalue weighted by atomic mass is 19.4. The molecule has 1 atom stereocenters. The Morgan fingerprint density at radius 2 is 1.83 bits per heavy atom. The average Bonchev–Trinajstić information content (AvgIpc) is 2.46. The summed E-state index contributed by atoms with van der Waals surface area (Å²) in [7, 11) is 0. The van der Waals surface area contributed by atoms with E-state index in [9.17, 15) is 18.0 Å². The molecule has 2 rings (SSSR count). The number of halogens is 3. The molecule has 0 fully saturated rings. The highest BCUT2D eigenvalue weighted by molar-refractivity contribution is 5.67. The summed E-state index contributed by atoms with van der Waals surface area (Å²) in [5, 5.41) is 8.77. The van der Waals surface area contributed by atoms with E-state index in [4.69, 9.17) is 10.8 Å². The Hall–Kier alpha value is -2.34. The van der Waals surface area contributed by atoms with Gasteiger partial charge in [-0.1, -0.05) is 42.5 Å². The first-order valence-corrected chi connectivity index (χ1v) is 6.98. The first kappa shape index (κ1) is 17.0. The number of rotatable bonds is 5. The summed E-state index contributed by atoms with van der Waals surface area (Å²) >= 11 is 0. The molecule has 6 heteroatoms. The third-order valence-electron chi connectivity index (χ3n) is 3.49. The van der Waals surface area contributed by atoms with Crippen LogP contribution in [0.15, 0.2) is 48.5 Å².